The molecule has 2 atom stereocenters. The molecule has 150 valence electrons. The second kappa shape index (κ2) is 6.37. The van der Waals surface area contributed by atoms with E-state index in [9.17, 15) is 29.4 Å². The van der Waals surface area contributed by atoms with Gasteiger partial charge in [0, 0.05) is 25.4 Å². The SMILES string of the molecule is CCC1N(C(=O)O)C2=C[N+]1(C(=O)O)N2C1(C(C)=O)C=CN(CCC(=O)O)C=C1. The molecule has 2 bridgehead atoms. The molecule has 4 heterocycles. The number of rotatable bonds is 6. The molecule has 4 aliphatic rings. The summed E-state index contributed by atoms with van der Waals surface area (Å²) in [6.07, 6.45) is 3.86. The second-order valence-corrected chi connectivity index (χ2v) is 6.76. The van der Waals surface area contributed by atoms with Crippen LogP contribution in [0.15, 0.2) is 36.6 Å². The van der Waals surface area contributed by atoms with E-state index in [-0.39, 0.29) is 25.2 Å². The van der Waals surface area contributed by atoms with Crippen LogP contribution in [-0.2, 0) is 9.59 Å². The first-order valence-electron chi connectivity index (χ1n) is 8.66. The van der Waals surface area contributed by atoms with Crippen molar-refractivity contribution in [2.45, 2.75) is 38.4 Å². The van der Waals surface area contributed by atoms with Crippen molar-refractivity contribution in [3.63, 3.8) is 0 Å². The summed E-state index contributed by atoms with van der Waals surface area (Å²) in [5, 5.41) is 29.6. The van der Waals surface area contributed by atoms with Crippen LogP contribution in [0.2, 0.25) is 0 Å². The molecule has 2 amide bonds. The summed E-state index contributed by atoms with van der Waals surface area (Å²) >= 11 is 0. The number of carboxylic acid groups (broad SMARTS) is 3. The molecule has 0 aromatic carbocycles. The lowest BCUT2D eigenvalue weighted by atomic mass is 9.90. The number of ketones is 1. The molecule has 28 heavy (non-hydrogen) atoms. The van der Waals surface area contributed by atoms with Gasteiger partial charge in [-0.05, 0) is 19.1 Å². The molecule has 0 aliphatic carbocycles. The first-order valence-corrected chi connectivity index (χ1v) is 8.66. The average molecular weight is 393 g/mol. The van der Waals surface area contributed by atoms with Gasteiger partial charge in [0.15, 0.2) is 17.5 Å². The van der Waals surface area contributed by atoms with E-state index in [1.807, 2.05) is 0 Å². The van der Waals surface area contributed by atoms with Gasteiger partial charge in [0.25, 0.3) is 0 Å². The van der Waals surface area contributed by atoms with Crippen LogP contribution >= 0.6 is 0 Å². The van der Waals surface area contributed by atoms with Crippen molar-refractivity contribution < 1.29 is 39.1 Å². The lowest BCUT2D eigenvalue weighted by Crippen LogP contribution is -2.71. The van der Waals surface area contributed by atoms with Crippen LogP contribution in [0.25, 0.3) is 0 Å². The van der Waals surface area contributed by atoms with E-state index in [0.717, 1.165) is 4.90 Å². The Morgan fingerprint density at radius 2 is 1.75 bits per heavy atom. The Morgan fingerprint density at radius 1 is 1.14 bits per heavy atom. The Kier molecular flexibility index (Phi) is 4.42. The van der Waals surface area contributed by atoms with E-state index in [1.165, 1.54) is 42.7 Å². The van der Waals surface area contributed by atoms with Crippen LogP contribution in [0.1, 0.15) is 26.7 Å². The highest BCUT2D eigenvalue weighted by Gasteiger charge is 2.75. The number of hydrogen-bond acceptors (Lipinski definition) is 6. The van der Waals surface area contributed by atoms with Crippen molar-refractivity contribution in [2.24, 2.45) is 0 Å². The molecule has 1 fully saturated rings. The molecule has 4 aliphatic heterocycles. The number of quaternary nitrogens is 1. The monoisotopic (exact) mass is 393 g/mol. The van der Waals surface area contributed by atoms with Gasteiger partial charge in [-0.1, -0.05) is 11.5 Å². The van der Waals surface area contributed by atoms with Crippen molar-refractivity contribution in [1.29, 1.82) is 0 Å². The second-order valence-electron chi connectivity index (χ2n) is 6.76. The highest BCUT2D eigenvalue weighted by molar-refractivity contribution is 5.92. The van der Waals surface area contributed by atoms with Gasteiger partial charge in [0.05, 0.1) is 6.42 Å². The summed E-state index contributed by atoms with van der Waals surface area (Å²) in [6.45, 7) is 3.15. The molecule has 0 aromatic heterocycles. The third-order valence-corrected chi connectivity index (χ3v) is 5.28. The zero-order chi connectivity index (χ0) is 20.9. The van der Waals surface area contributed by atoms with E-state index < -0.39 is 40.2 Å². The lowest BCUT2D eigenvalue weighted by Gasteiger charge is -2.48. The zero-order valence-electron chi connectivity index (χ0n) is 15.3. The normalized spacial score (nSPS) is 26.7. The maximum atomic E-state index is 12.6. The number of hydrogen-bond donors (Lipinski definition) is 3. The molecule has 0 radical (unpaired) electrons. The third kappa shape index (κ3) is 2.39. The fraction of sp³-hybridized carbons (Fsp3) is 0.412. The standard InChI is InChI=1S/C17H20N4O7/c1-3-13-19(15(25)26)12-10-21(13,16(27)28)20(12)17(11(2)22)5-8-18(9-6-17)7-4-14(23)24/h5-6,8-10,13H,3-4,7H2,1-2H3,(H2-,23,24,25,26,27,28)/p+1. The van der Waals surface area contributed by atoms with Crippen molar-refractivity contribution >= 4 is 23.9 Å². The predicted molar refractivity (Wildman–Crippen MR) is 92.8 cm³/mol. The molecule has 3 N–H and O–H groups in total. The molecular weight excluding hydrogens is 372 g/mol. The summed E-state index contributed by atoms with van der Waals surface area (Å²) in [5.41, 5.74) is -1.50. The molecule has 4 rings (SSSR count). The third-order valence-electron chi connectivity index (χ3n) is 5.28. The van der Waals surface area contributed by atoms with Crippen LogP contribution < -0.4 is 0 Å². The zero-order valence-corrected chi connectivity index (χ0v) is 15.3. The van der Waals surface area contributed by atoms with Gasteiger partial charge in [-0.3, -0.25) is 9.59 Å². The fourth-order valence-corrected chi connectivity index (χ4v) is 3.96. The summed E-state index contributed by atoms with van der Waals surface area (Å²) in [5.74, 6) is -1.24. The summed E-state index contributed by atoms with van der Waals surface area (Å²) in [4.78, 5) is 49.9. The summed E-state index contributed by atoms with van der Waals surface area (Å²) in [7, 11) is 0. The van der Waals surface area contributed by atoms with Gasteiger partial charge < -0.3 is 20.2 Å². The van der Waals surface area contributed by atoms with E-state index in [0.29, 0.717) is 0 Å². The molecular formula is C17H21N4O7+. The Labute approximate surface area is 160 Å². The molecule has 0 aromatic rings. The number of aliphatic carboxylic acids is 1. The largest absolute Gasteiger partial charge is 0.546 e. The predicted octanol–water partition coefficient (Wildman–Crippen LogP) is 1.39. The minimum absolute atomic E-state index is 0.115. The Balaban J connectivity index is 2.02. The van der Waals surface area contributed by atoms with Gasteiger partial charge in [-0.2, -0.15) is 14.7 Å². The van der Waals surface area contributed by atoms with Gasteiger partial charge in [-0.25, -0.2) is 4.79 Å². The quantitative estimate of drug-likeness (QED) is 0.571. The maximum Gasteiger partial charge on any atom is 0.546 e. The topological polar surface area (TPSA) is 139 Å². The summed E-state index contributed by atoms with van der Waals surface area (Å²) < 4.78 is -0.818. The number of fused-ring (bicyclic) bond motifs is 1. The fourth-order valence-electron chi connectivity index (χ4n) is 3.96. The van der Waals surface area contributed by atoms with Crippen LogP contribution in [0.3, 0.4) is 0 Å². The molecule has 2 unspecified atom stereocenters. The van der Waals surface area contributed by atoms with Gasteiger partial charge in [0.1, 0.15) is 0 Å². The van der Waals surface area contributed by atoms with E-state index in [1.54, 1.807) is 11.8 Å². The van der Waals surface area contributed by atoms with Crippen LogP contribution in [0.5, 0.6) is 0 Å². The van der Waals surface area contributed by atoms with Crippen LogP contribution in [-0.4, -0.2) is 76.9 Å². The maximum absolute atomic E-state index is 12.6. The molecule has 0 saturated carbocycles. The number of carbonyl (C=O) groups excluding carboxylic acids is 1. The number of carbonyl (C=O) groups is 4. The smallest absolute Gasteiger partial charge is 0.481 e. The van der Waals surface area contributed by atoms with Crippen molar-refractivity contribution in [3.8, 4) is 0 Å². The van der Waals surface area contributed by atoms with E-state index in [2.05, 4.69) is 0 Å². The van der Waals surface area contributed by atoms with Crippen LogP contribution in [0, 0.1) is 0 Å². The van der Waals surface area contributed by atoms with Gasteiger partial charge >= 0.3 is 18.2 Å². The van der Waals surface area contributed by atoms with Crippen LogP contribution in [0.4, 0.5) is 9.59 Å². The number of amides is 2. The number of nitrogens with zero attached hydrogens (tertiary/aromatic N) is 4. The van der Waals surface area contributed by atoms with E-state index >= 15 is 0 Å². The first kappa shape index (κ1) is 19.4. The molecule has 11 nitrogen and oxygen atoms in total. The van der Waals surface area contributed by atoms with Crippen molar-refractivity contribution in [3.05, 3.63) is 36.6 Å². The Morgan fingerprint density at radius 3 is 2.18 bits per heavy atom. The Hall–Kier alpha value is -3.34. The minimum Gasteiger partial charge on any atom is -0.481 e. The number of Topliss-reactive ketones (excluding diaryl/α,β-unsaturated/α-hetero) is 1. The number of carboxylic acids is 1. The first-order chi connectivity index (χ1) is 13.1. The van der Waals surface area contributed by atoms with Gasteiger partial charge in [-0.15, -0.1) is 0 Å². The highest BCUT2D eigenvalue weighted by Crippen LogP contribution is 2.53. The molecule has 0 spiro atoms. The molecule has 11 heteroatoms. The van der Waals surface area contributed by atoms with Crippen molar-refractivity contribution in [2.75, 3.05) is 6.54 Å². The minimum atomic E-state index is -1.50. The Bertz CT molecular complexity index is 834. The lowest BCUT2D eigenvalue weighted by molar-refractivity contribution is -0.955. The van der Waals surface area contributed by atoms with E-state index in [4.69, 9.17) is 5.11 Å². The highest BCUT2D eigenvalue weighted by atomic mass is 16.4. The average Bonchev–Trinajstić information content (AvgIpc) is 3.11. The summed E-state index contributed by atoms with van der Waals surface area (Å²) in [6, 6.07) is 0. The van der Waals surface area contributed by atoms with Crippen molar-refractivity contribution in [1.82, 2.24) is 14.8 Å². The van der Waals surface area contributed by atoms with Gasteiger partial charge in [0.2, 0.25) is 12.0 Å². The molecule has 1 saturated heterocycles.